The van der Waals surface area contributed by atoms with Crippen molar-refractivity contribution in [3.63, 3.8) is 0 Å². The monoisotopic (exact) mass is 483 g/mol. The van der Waals surface area contributed by atoms with E-state index in [0.29, 0.717) is 35.3 Å². The molecule has 6 heteroatoms. The van der Waals surface area contributed by atoms with Gasteiger partial charge in [-0.15, -0.1) is 0 Å². The van der Waals surface area contributed by atoms with E-state index in [1.165, 1.54) is 0 Å². The van der Waals surface area contributed by atoms with Crippen LogP contribution in [0.1, 0.15) is 54.7 Å². The molecule has 3 aromatic rings. The van der Waals surface area contributed by atoms with E-state index in [4.69, 9.17) is 0 Å². The van der Waals surface area contributed by atoms with Gasteiger partial charge in [0.25, 0.3) is 11.8 Å². The molecule has 1 aliphatic rings. The van der Waals surface area contributed by atoms with E-state index in [2.05, 4.69) is 10.6 Å². The number of amides is 3. The number of benzene rings is 3. The van der Waals surface area contributed by atoms with E-state index < -0.39 is 11.1 Å². The quantitative estimate of drug-likeness (QED) is 0.565. The SMILES string of the molecule is CC(C)(C)NC(=O)C1(C)c2ccccc2NC(=O)c2ccccc2CC(=O)N1CCc1ccccc1. The summed E-state index contributed by atoms with van der Waals surface area (Å²) < 4.78 is 0. The highest BCUT2D eigenvalue weighted by Crippen LogP contribution is 2.37. The fraction of sp³-hybridized carbons (Fsp3) is 0.300. The number of rotatable bonds is 4. The highest BCUT2D eigenvalue weighted by atomic mass is 16.2. The van der Waals surface area contributed by atoms with E-state index in [0.717, 1.165) is 5.56 Å². The lowest BCUT2D eigenvalue weighted by atomic mass is 9.84. The summed E-state index contributed by atoms with van der Waals surface area (Å²) in [6.07, 6.45) is 0.597. The third-order valence-electron chi connectivity index (χ3n) is 6.54. The molecule has 4 rings (SSSR count). The molecule has 0 fully saturated rings. The van der Waals surface area contributed by atoms with Gasteiger partial charge in [-0.05, 0) is 57.4 Å². The summed E-state index contributed by atoms with van der Waals surface area (Å²) in [4.78, 5) is 43.0. The first-order valence-corrected chi connectivity index (χ1v) is 12.3. The van der Waals surface area contributed by atoms with E-state index in [-0.39, 0.29) is 24.1 Å². The molecule has 0 spiro atoms. The first kappa shape index (κ1) is 25.2. The standard InChI is InChI=1S/C30H33N3O3/c1-29(2,3)32-28(36)30(4)24-16-10-11-17-25(24)31-27(35)23-15-9-8-14-22(23)20-26(34)33(30)19-18-21-12-6-5-7-13-21/h5-17H,18-20H2,1-4H3,(H,31,35)(H,32,36). The summed E-state index contributed by atoms with van der Waals surface area (Å²) in [7, 11) is 0. The Balaban J connectivity index is 1.89. The second-order valence-corrected chi connectivity index (χ2v) is 10.4. The third-order valence-corrected chi connectivity index (χ3v) is 6.54. The Kier molecular flexibility index (Phi) is 6.97. The van der Waals surface area contributed by atoms with E-state index in [1.807, 2.05) is 75.4 Å². The van der Waals surface area contributed by atoms with E-state index in [9.17, 15) is 14.4 Å². The predicted molar refractivity (Wildman–Crippen MR) is 142 cm³/mol. The molecule has 0 aromatic heterocycles. The summed E-state index contributed by atoms with van der Waals surface area (Å²) in [5, 5.41) is 6.10. The topological polar surface area (TPSA) is 78.5 Å². The van der Waals surface area contributed by atoms with Gasteiger partial charge in [0.2, 0.25) is 5.91 Å². The molecule has 1 atom stereocenters. The van der Waals surface area contributed by atoms with Crippen LogP contribution in [0.25, 0.3) is 0 Å². The first-order valence-electron chi connectivity index (χ1n) is 12.3. The molecule has 3 aromatic carbocycles. The van der Waals surface area contributed by atoms with Crippen molar-refractivity contribution >= 4 is 23.4 Å². The van der Waals surface area contributed by atoms with Crippen LogP contribution in [0.2, 0.25) is 0 Å². The number of fused-ring (bicyclic) bond motifs is 2. The lowest BCUT2D eigenvalue weighted by molar-refractivity contribution is -0.148. The maximum absolute atomic E-state index is 14.0. The molecule has 186 valence electrons. The molecular formula is C30H33N3O3. The molecule has 1 heterocycles. The lowest BCUT2D eigenvalue weighted by Gasteiger charge is -2.43. The van der Waals surface area contributed by atoms with Gasteiger partial charge in [0.1, 0.15) is 5.54 Å². The molecule has 1 unspecified atom stereocenters. The Hall–Kier alpha value is -3.93. The summed E-state index contributed by atoms with van der Waals surface area (Å²) in [6, 6.07) is 24.3. The highest BCUT2D eigenvalue weighted by Gasteiger charge is 2.46. The van der Waals surface area contributed by atoms with Crippen LogP contribution in [0.5, 0.6) is 0 Å². The van der Waals surface area contributed by atoms with Crippen molar-refractivity contribution in [2.75, 3.05) is 11.9 Å². The van der Waals surface area contributed by atoms with Crippen molar-refractivity contribution in [2.24, 2.45) is 0 Å². The highest BCUT2D eigenvalue weighted by molar-refractivity contribution is 6.08. The normalized spacial score (nSPS) is 18.1. The maximum Gasteiger partial charge on any atom is 0.255 e. The minimum atomic E-state index is -1.37. The minimum Gasteiger partial charge on any atom is -0.349 e. The average molecular weight is 484 g/mol. The van der Waals surface area contributed by atoms with Crippen molar-refractivity contribution < 1.29 is 14.4 Å². The van der Waals surface area contributed by atoms with Gasteiger partial charge < -0.3 is 15.5 Å². The van der Waals surface area contributed by atoms with Crippen LogP contribution >= 0.6 is 0 Å². The molecule has 0 radical (unpaired) electrons. The van der Waals surface area contributed by atoms with Crippen LogP contribution in [-0.4, -0.2) is 34.7 Å². The first-order chi connectivity index (χ1) is 17.1. The van der Waals surface area contributed by atoms with Crippen LogP contribution in [0.15, 0.2) is 78.9 Å². The van der Waals surface area contributed by atoms with Crippen molar-refractivity contribution in [2.45, 2.75) is 51.6 Å². The fourth-order valence-electron chi connectivity index (χ4n) is 4.70. The summed E-state index contributed by atoms with van der Waals surface area (Å²) in [6.45, 7) is 7.84. The Labute approximate surface area is 212 Å². The summed E-state index contributed by atoms with van der Waals surface area (Å²) in [5.74, 6) is -0.816. The van der Waals surface area contributed by atoms with Crippen LogP contribution in [0, 0.1) is 0 Å². The van der Waals surface area contributed by atoms with Crippen molar-refractivity contribution in [3.8, 4) is 0 Å². The molecule has 0 bridgehead atoms. The fourth-order valence-corrected chi connectivity index (χ4v) is 4.70. The van der Waals surface area contributed by atoms with Gasteiger partial charge in [-0.3, -0.25) is 14.4 Å². The number of hydrogen-bond acceptors (Lipinski definition) is 3. The number of para-hydroxylation sites is 1. The zero-order valence-corrected chi connectivity index (χ0v) is 21.3. The summed E-state index contributed by atoms with van der Waals surface area (Å²) >= 11 is 0. The smallest absolute Gasteiger partial charge is 0.255 e. The zero-order chi connectivity index (χ0) is 25.9. The number of nitrogens with one attached hydrogen (secondary N) is 2. The van der Waals surface area contributed by atoms with Gasteiger partial charge >= 0.3 is 0 Å². The number of carbonyl (C=O) groups is 3. The van der Waals surface area contributed by atoms with E-state index >= 15 is 0 Å². The maximum atomic E-state index is 14.0. The largest absolute Gasteiger partial charge is 0.349 e. The molecule has 1 aliphatic heterocycles. The van der Waals surface area contributed by atoms with E-state index in [1.54, 1.807) is 36.1 Å². The van der Waals surface area contributed by atoms with Gasteiger partial charge in [0.15, 0.2) is 0 Å². The van der Waals surface area contributed by atoms with Gasteiger partial charge in [-0.1, -0.05) is 66.7 Å². The molecule has 6 nitrogen and oxygen atoms in total. The molecule has 36 heavy (non-hydrogen) atoms. The second-order valence-electron chi connectivity index (χ2n) is 10.4. The Morgan fingerprint density at radius 2 is 1.58 bits per heavy atom. The molecule has 0 saturated carbocycles. The van der Waals surface area contributed by atoms with Gasteiger partial charge in [-0.2, -0.15) is 0 Å². The molecule has 0 aliphatic carbocycles. The third kappa shape index (κ3) is 5.18. The van der Waals surface area contributed by atoms with Crippen molar-refractivity contribution in [1.29, 1.82) is 0 Å². The number of anilines is 1. The molecule has 3 amide bonds. The van der Waals surface area contributed by atoms with Crippen molar-refractivity contribution in [1.82, 2.24) is 10.2 Å². The van der Waals surface area contributed by atoms with Crippen LogP contribution in [0.3, 0.4) is 0 Å². The molecule has 0 saturated heterocycles. The second kappa shape index (κ2) is 9.97. The van der Waals surface area contributed by atoms with Gasteiger partial charge in [0.05, 0.1) is 6.42 Å². The predicted octanol–water partition coefficient (Wildman–Crippen LogP) is 4.70. The Morgan fingerprint density at radius 3 is 2.31 bits per heavy atom. The van der Waals surface area contributed by atoms with Gasteiger partial charge in [-0.25, -0.2) is 0 Å². The lowest BCUT2D eigenvalue weighted by Crippen LogP contribution is -2.60. The molecule has 2 N–H and O–H groups in total. The van der Waals surface area contributed by atoms with Crippen LogP contribution < -0.4 is 10.6 Å². The Morgan fingerprint density at radius 1 is 0.944 bits per heavy atom. The number of nitrogens with zero attached hydrogens (tertiary/aromatic N) is 1. The van der Waals surface area contributed by atoms with Crippen LogP contribution in [0.4, 0.5) is 5.69 Å². The zero-order valence-electron chi connectivity index (χ0n) is 21.3. The van der Waals surface area contributed by atoms with Crippen LogP contribution in [-0.2, 0) is 28.0 Å². The van der Waals surface area contributed by atoms with Crippen molar-refractivity contribution in [3.05, 3.63) is 101 Å². The Bertz CT molecular complexity index is 1280. The summed E-state index contributed by atoms with van der Waals surface area (Å²) in [5.41, 5.74) is 1.34. The average Bonchev–Trinajstić information content (AvgIpc) is 2.83. The number of hydrogen-bond donors (Lipinski definition) is 2. The molecular weight excluding hydrogens is 450 g/mol. The minimum absolute atomic E-state index is 0.0128. The number of carbonyl (C=O) groups excluding carboxylic acids is 3. The van der Waals surface area contributed by atoms with Gasteiger partial charge in [0, 0.05) is 28.9 Å².